The van der Waals surface area contributed by atoms with Crippen LogP contribution in [0.15, 0.2) is 48.5 Å². The van der Waals surface area contributed by atoms with E-state index in [-0.39, 0.29) is 5.91 Å². The number of imide groups is 1. The van der Waals surface area contributed by atoms with E-state index in [2.05, 4.69) is 33.8 Å². The van der Waals surface area contributed by atoms with E-state index in [0.29, 0.717) is 38.0 Å². The van der Waals surface area contributed by atoms with Gasteiger partial charge in [-0.2, -0.15) is 0 Å². The maximum Gasteiger partial charge on any atom is 0.253 e. The van der Waals surface area contributed by atoms with Gasteiger partial charge < -0.3 is 14.8 Å². The number of aryl methyl sites for hydroxylation is 2. The molecular formula is C25H33N5O2. The lowest BCUT2D eigenvalue weighted by Gasteiger charge is -2.42. The van der Waals surface area contributed by atoms with Crippen LogP contribution in [0.25, 0.3) is 11.0 Å². The van der Waals surface area contributed by atoms with Gasteiger partial charge in [0.2, 0.25) is 12.4 Å². The number of amides is 2. The monoisotopic (exact) mass is 435 g/mol. The van der Waals surface area contributed by atoms with Crippen molar-refractivity contribution in [3.63, 3.8) is 0 Å². The van der Waals surface area contributed by atoms with Crippen LogP contribution < -0.4 is 15.1 Å². The van der Waals surface area contributed by atoms with Crippen LogP contribution in [0, 0.1) is 6.92 Å². The third kappa shape index (κ3) is 4.25. The lowest BCUT2D eigenvalue weighted by molar-refractivity contribution is -0.128. The molecule has 1 aliphatic rings. The van der Waals surface area contributed by atoms with Crippen molar-refractivity contribution in [1.82, 2.24) is 14.9 Å². The van der Waals surface area contributed by atoms with Gasteiger partial charge in [-0.05, 0) is 56.6 Å². The van der Waals surface area contributed by atoms with Crippen LogP contribution >= 0.6 is 0 Å². The summed E-state index contributed by atoms with van der Waals surface area (Å²) in [5, 5.41) is 3.22. The average molecular weight is 436 g/mol. The number of nitrogens with one attached hydrogen (secondary N) is 1. The predicted molar refractivity (Wildman–Crippen MR) is 130 cm³/mol. The highest BCUT2D eigenvalue weighted by Crippen LogP contribution is 2.30. The number of carbonyl (C=O) groups is 2. The van der Waals surface area contributed by atoms with Gasteiger partial charge in [0.05, 0.1) is 16.7 Å². The molecule has 0 saturated carbocycles. The van der Waals surface area contributed by atoms with E-state index >= 15 is 0 Å². The molecule has 32 heavy (non-hydrogen) atoms. The smallest absolute Gasteiger partial charge is 0.253 e. The van der Waals surface area contributed by atoms with Crippen molar-refractivity contribution >= 4 is 35.0 Å². The minimum absolute atomic E-state index is 0.216. The highest BCUT2D eigenvalue weighted by Gasteiger charge is 2.43. The number of hydrogen-bond acceptors (Lipinski definition) is 5. The van der Waals surface area contributed by atoms with E-state index in [0.717, 1.165) is 17.0 Å². The number of fused-ring (bicyclic) bond motifs is 1. The summed E-state index contributed by atoms with van der Waals surface area (Å²) >= 11 is 0. The Morgan fingerprint density at radius 3 is 2.38 bits per heavy atom. The molecule has 0 radical (unpaired) electrons. The van der Waals surface area contributed by atoms with Crippen molar-refractivity contribution in [1.29, 1.82) is 0 Å². The average Bonchev–Trinajstić information content (AvgIpc) is 3.17. The molecule has 2 heterocycles. The molecule has 170 valence electrons. The first-order valence-electron chi connectivity index (χ1n) is 11.2. The Balaban J connectivity index is 0.00000141. The molecule has 0 atom stereocenters. The molecule has 0 aliphatic carbocycles. The molecule has 7 heteroatoms. The number of carbonyl (C=O) groups excluding carboxylic acids is 2. The van der Waals surface area contributed by atoms with E-state index in [1.807, 2.05) is 45.2 Å². The second kappa shape index (κ2) is 9.96. The highest BCUT2D eigenvalue weighted by atomic mass is 16.2. The first-order valence-corrected chi connectivity index (χ1v) is 11.2. The third-order valence-corrected chi connectivity index (χ3v) is 6.16. The Labute approximate surface area is 190 Å². The van der Waals surface area contributed by atoms with Crippen LogP contribution in [0.3, 0.4) is 0 Å². The number of aromatic nitrogens is 2. The second-order valence-corrected chi connectivity index (χ2v) is 7.90. The molecule has 2 aromatic carbocycles. The molecule has 1 N–H and O–H groups in total. The first-order chi connectivity index (χ1) is 15.5. The highest BCUT2D eigenvalue weighted by molar-refractivity contribution is 6.11. The molecule has 0 unspecified atom stereocenters. The van der Waals surface area contributed by atoms with Gasteiger partial charge in [0.25, 0.3) is 5.91 Å². The van der Waals surface area contributed by atoms with Crippen LogP contribution in [0.4, 0.5) is 11.6 Å². The van der Waals surface area contributed by atoms with Crippen LogP contribution in [0.5, 0.6) is 0 Å². The van der Waals surface area contributed by atoms with Crippen molar-refractivity contribution in [2.45, 2.75) is 39.2 Å². The molecule has 1 aliphatic heterocycles. The summed E-state index contributed by atoms with van der Waals surface area (Å²) in [6, 6.07) is 15.3. The molecule has 3 aromatic rings. The molecular weight excluding hydrogens is 402 g/mol. The van der Waals surface area contributed by atoms with Crippen molar-refractivity contribution < 1.29 is 9.59 Å². The summed E-state index contributed by atoms with van der Waals surface area (Å²) in [5.74, 6) is 0.689. The Bertz CT molecular complexity index is 1070. The molecule has 1 saturated heterocycles. The SMILES string of the molecule is CC.CNC1(C(=O)N(C=O)c2ccccc2)CCN(c2nc3ccc(C)cc3n2C)CC1. The summed E-state index contributed by atoms with van der Waals surface area (Å²) in [4.78, 5) is 33.4. The largest absolute Gasteiger partial charge is 0.342 e. The second-order valence-electron chi connectivity index (χ2n) is 7.90. The Morgan fingerprint density at radius 1 is 1.12 bits per heavy atom. The van der Waals surface area contributed by atoms with E-state index in [4.69, 9.17) is 4.98 Å². The third-order valence-electron chi connectivity index (χ3n) is 6.16. The van der Waals surface area contributed by atoms with Gasteiger partial charge in [0.1, 0.15) is 5.54 Å². The summed E-state index contributed by atoms with van der Waals surface area (Å²) in [6.07, 6.45) is 1.78. The topological polar surface area (TPSA) is 70.5 Å². The molecule has 0 spiro atoms. The van der Waals surface area contributed by atoms with Crippen LogP contribution in [0.1, 0.15) is 32.3 Å². The zero-order valence-corrected chi connectivity index (χ0v) is 19.6. The fourth-order valence-corrected chi connectivity index (χ4v) is 4.27. The number of piperidine rings is 1. The molecule has 1 aromatic heterocycles. The van der Waals surface area contributed by atoms with Gasteiger partial charge in [0.15, 0.2) is 0 Å². The summed E-state index contributed by atoms with van der Waals surface area (Å²) in [7, 11) is 3.82. The van der Waals surface area contributed by atoms with Gasteiger partial charge in [-0.25, -0.2) is 4.98 Å². The summed E-state index contributed by atoms with van der Waals surface area (Å²) in [6.45, 7) is 7.42. The molecule has 0 bridgehead atoms. The van der Waals surface area contributed by atoms with E-state index < -0.39 is 5.54 Å². The fraction of sp³-hybridized carbons (Fsp3) is 0.400. The van der Waals surface area contributed by atoms with Crippen molar-refractivity contribution in [2.75, 3.05) is 29.9 Å². The van der Waals surface area contributed by atoms with Gasteiger partial charge in [-0.1, -0.05) is 38.1 Å². The van der Waals surface area contributed by atoms with Crippen molar-refractivity contribution in [3.8, 4) is 0 Å². The molecule has 2 amide bonds. The minimum Gasteiger partial charge on any atom is -0.342 e. The predicted octanol–water partition coefficient (Wildman–Crippen LogP) is 3.66. The zero-order valence-electron chi connectivity index (χ0n) is 19.6. The molecule has 4 rings (SSSR count). The maximum absolute atomic E-state index is 13.4. The van der Waals surface area contributed by atoms with E-state index in [1.54, 1.807) is 19.2 Å². The Kier molecular flexibility index (Phi) is 7.30. The van der Waals surface area contributed by atoms with Gasteiger partial charge in [0, 0.05) is 20.1 Å². The lowest BCUT2D eigenvalue weighted by Crippen LogP contribution is -2.62. The van der Waals surface area contributed by atoms with E-state index in [9.17, 15) is 9.59 Å². The first kappa shape index (κ1) is 23.5. The number of anilines is 2. The number of para-hydroxylation sites is 1. The molecule has 1 fully saturated rings. The van der Waals surface area contributed by atoms with Crippen molar-refractivity contribution in [2.24, 2.45) is 7.05 Å². The summed E-state index contributed by atoms with van der Waals surface area (Å²) in [5.41, 5.74) is 3.07. The molecule has 7 nitrogen and oxygen atoms in total. The number of hydrogen-bond donors (Lipinski definition) is 1. The van der Waals surface area contributed by atoms with Gasteiger partial charge in [-0.15, -0.1) is 0 Å². The van der Waals surface area contributed by atoms with E-state index in [1.165, 1.54) is 10.5 Å². The standard InChI is InChI=1S/C23H27N5O2.C2H6/c1-17-9-10-19-20(15-17)26(3)22(25-19)27-13-11-23(24-2,12-14-27)21(30)28(16-29)18-7-5-4-6-8-18;1-2/h4-10,15-16,24H,11-14H2,1-3H3;1-2H3. The number of benzene rings is 2. The maximum atomic E-state index is 13.4. The van der Waals surface area contributed by atoms with Gasteiger partial charge >= 0.3 is 0 Å². The fourth-order valence-electron chi connectivity index (χ4n) is 4.27. The van der Waals surface area contributed by atoms with Crippen LogP contribution in [0.2, 0.25) is 0 Å². The van der Waals surface area contributed by atoms with Crippen LogP contribution in [-0.2, 0) is 16.6 Å². The van der Waals surface area contributed by atoms with Gasteiger partial charge in [-0.3, -0.25) is 14.5 Å². The summed E-state index contributed by atoms with van der Waals surface area (Å²) < 4.78 is 2.11. The lowest BCUT2D eigenvalue weighted by atomic mass is 9.86. The zero-order chi connectivity index (χ0) is 23.3. The number of likely N-dealkylation sites (N-methyl/N-ethyl adjacent to an activating group) is 1. The number of rotatable bonds is 5. The van der Waals surface area contributed by atoms with Crippen LogP contribution in [-0.4, -0.2) is 47.5 Å². The number of imidazole rings is 1. The minimum atomic E-state index is -0.783. The Hall–Kier alpha value is -3.19. The normalized spacial score (nSPS) is 15.1. The Morgan fingerprint density at radius 2 is 1.78 bits per heavy atom. The van der Waals surface area contributed by atoms with Crippen molar-refractivity contribution in [3.05, 3.63) is 54.1 Å². The quantitative estimate of drug-likeness (QED) is 0.620. The number of nitrogens with zero attached hydrogens (tertiary/aromatic N) is 4.